The molecule has 1 saturated heterocycles. The lowest BCUT2D eigenvalue weighted by Crippen LogP contribution is -2.54. The molecule has 1 fully saturated rings. The van der Waals surface area contributed by atoms with Gasteiger partial charge in [-0.1, -0.05) is 0 Å². The van der Waals surface area contributed by atoms with Gasteiger partial charge in [0.15, 0.2) is 0 Å². The molecule has 1 aromatic heterocycles. The molecule has 10 nitrogen and oxygen atoms in total. The number of anilines is 3. The van der Waals surface area contributed by atoms with Crippen LogP contribution in [0.3, 0.4) is 0 Å². The fourth-order valence-electron chi connectivity index (χ4n) is 3.30. The highest BCUT2D eigenvalue weighted by molar-refractivity contribution is 5.74. The maximum Gasteiger partial charge on any atom is 0.410 e. The van der Waals surface area contributed by atoms with Gasteiger partial charge in [-0.15, -0.1) is 0 Å². The average molecular weight is 414 g/mol. The summed E-state index contributed by atoms with van der Waals surface area (Å²) in [6, 6.07) is 6.59. The zero-order valence-electron chi connectivity index (χ0n) is 17.5. The number of carbonyl (C=O) groups is 1. The Balaban J connectivity index is 1.78. The van der Waals surface area contributed by atoms with Crippen LogP contribution in [0.1, 0.15) is 27.7 Å². The van der Waals surface area contributed by atoms with Gasteiger partial charge in [0, 0.05) is 43.6 Å². The Labute approximate surface area is 175 Å². The van der Waals surface area contributed by atoms with Gasteiger partial charge in [-0.25, -0.2) is 14.8 Å². The molecular formula is C20H26N6O4. The topological polar surface area (TPSA) is 114 Å². The molecular weight excluding hydrogens is 388 g/mol. The first-order valence-electron chi connectivity index (χ1n) is 9.70. The summed E-state index contributed by atoms with van der Waals surface area (Å²) >= 11 is 0. The third kappa shape index (κ3) is 5.13. The van der Waals surface area contributed by atoms with E-state index >= 15 is 0 Å². The lowest BCUT2D eigenvalue weighted by Gasteiger charge is -2.41. The van der Waals surface area contributed by atoms with Gasteiger partial charge in [0.2, 0.25) is 0 Å². The standard InChI is InChI=1S/C20H26N6O4/c1-14-12-24(19(27)30-20(2,3)4)9-10-25(14)15-5-6-17(26(28)29)16(11-15)23-18-7-8-21-13-22-18/h5-8,11,13-14H,9-10,12H2,1-4H3,(H,21,22,23)/t14-/m1/s1. The van der Waals surface area contributed by atoms with Crippen LogP contribution in [0, 0.1) is 10.1 Å². The van der Waals surface area contributed by atoms with E-state index in [0.717, 1.165) is 5.69 Å². The molecule has 30 heavy (non-hydrogen) atoms. The molecule has 0 bridgehead atoms. The number of benzene rings is 1. The van der Waals surface area contributed by atoms with Crippen LogP contribution in [0.25, 0.3) is 0 Å². The van der Waals surface area contributed by atoms with E-state index in [-0.39, 0.29) is 17.8 Å². The molecule has 0 saturated carbocycles. The van der Waals surface area contributed by atoms with Gasteiger partial charge >= 0.3 is 6.09 Å². The van der Waals surface area contributed by atoms with Crippen LogP contribution < -0.4 is 10.2 Å². The van der Waals surface area contributed by atoms with E-state index in [9.17, 15) is 14.9 Å². The van der Waals surface area contributed by atoms with Gasteiger partial charge in [-0.2, -0.15) is 0 Å². The molecule has 10 heteroatoms. The summed E-state index contributed by atoms with van der Waals surface area (Å²) in [5.74, 6) is 0.466. The third-order valence-corrected chi connectivity index (χ3v) is 4.63. The van der Waals surface area contributed by atoms with E-state index in [1.54, 1.807) is 29.3 Å². The Hall–Kier alpha value is -3.43. The average Bonchev–Trinajstić information content (AvgIpc) is 2.67. The number of nitrogens with zero attached hydrogens (tertiary/aromatic N) is 5. The Kier molecular flexibility index (Phi) is 6.04. The van der Waals surface area contributed by atoms with Gasteiger partial charge in [-0.3, -0.25) is 10.1 Å². The van der Waals surface area contributed by atoms with Crippen LogP contribution in [0.4, 0.5) is 27.7 Å². The van der Waals surface area contributed by atoms with Crippen molar-refractivity contribution in [2.75, 3.05) is 29.9 Å². The minimum Gasteiger partial charge on any atom is -0.444 e. The fraction of sp³-hybridized carbons (Fsp3) is 0.450. The molecule has 0 aliphatic carbocycles. The molecule has 1 amide bonds. The molecule has 1 N–H and O–H groups in total. The lowest BCUT2D eigenvalue weighted by molar-refractivity contribution is -0.383. The predicted molar refractivity (Wildman–Crippen MR) is 113 cm³/mol. The monoisotopic (exact) mass is 414 g/mol. The Morgan fingerprint density at radius 1 is 1.30 bits per heavy atom. The first-order chi connectivity index (χ1) is 14.1. The summed E-state index contributed by atoms with van der Waals surface area (Å²) in [7, 11) is 0. The summed E-state index contributed by atoms with van der Waals surface area (Å²) in [6.07, 6.45) is 2.60. The molecule has 1 aromatic carbocycles. The molecule has 0 spiro atoms. The van der Waals surface area contributed by atoms with Crippen molar-refractivity contribution in [2.24, 2.45) is 0 Å². The number of aromatic nitrogens is 2. The summed E-state index contributed by atoms with van der Waals surface area (Å²) in [4.78, 5) is 35.1. The molecule has 160 valence electrons. The smallest absolute Gasteiger partial charge is 0.410 e. The van der Waals surface area contributed by atoms with Crippen LogP contribution in [-0.2, 0) is 4.74 Å². The van der Waals surface area contributed by atoms with Gasteiger partial charge in [0.25, 0.3) is 5.69 Å². The second-order valence-corrected chi connectivity index (χ2v) is 8.15. The maximum atomic E-state index is 12.4. The second kappa shape index (κ2) is 8.52. The van der Waals surface area contributed by atoms with Crippen molar-refractivity contribution in [1.29, 1.82) is 0 Å². The summed E-state index contributed by atoms with van der Waals surface area (Å²) < 4.78 is 5.47. The first-order valence-corrected chi connectivity index (χ1v) is 9.70. The molecule has 2 aromatic rings. The van der Waals surface area contributed by atoms with Gasteiger partial charge < -0.3 is 19.9 Å². The van der Waals surface area contributed by atoms with E-state index in [1.165, 1.54) is 12.4 Å². The highest BCUT2D eigenvalue weighted by Gasteiger charge is 2.30. The van der Waals surface area contributed by atoms with Gasteiger partial charge in [0.1, 0.15) is 23.4 Å². The molecule has 1 aliphatic heterocycles. The molecule has 0 unspecified atom stereocenters. The number of hydrogen-bond donors (Lipinski definition) is 1. The quantitative estimate of drug-likeness (QED) is 0.596. The van der Waals surface area contributed by atoms with Crippen molar-refractivity contribution in [3.8, 4) is 0 Å². The summed E-state index contributed by atoms with van der Waals surface area (Å²) in [5, 5.41) is 14.5. The van der Waals surface area contributed by atoms with Crippen molar-refractivity contribution < 1.29 is 14.5 Å². The summed E-state index contributed by atoms with van der Waals surface area (Å²) in [6.45, 7) is 9.13. The van der Waals surface area contributed by atoms with Crippen LogP contribution in [0.5, 0.6) is 0 Å². The second-order valence-electron chi connectivity index (χ2n) is 8.15. The van der Waals surface area contributed by atoms with E-state index in [4.69, 9.17) is 4.74 Å². The van der Waals surface area contributed by atoms with Crippen molar-refractivity contribution in [3.63, 3.8) is 0 Å². The number of piperazine rings is 1. The van der Waals surface area contributed by atoms with Crippen molar-refractivity contribution >= 4 is 29.0 Å². The third-order valence-electron chi connectivity index (χ3n) is 4.63. The number of nitrogens with one attached hydrogen (secondary N) is 1. The van der Waals surface area contributed by atoms with Crippen LogP contribution in [0.15, 0.2) is 36.8 Å². The largest absolute Gasteiger partial charge is 0.444 e. The molecule has 1 aliphatic rings. The molecule has 1 atom stereocenters. The van der Waals surface area contributed by atoms with Crippen molar-refractivity contribution in [2.45, 2.75) is 39.3 Å². The number of carbonyl (C=O) groups excluding carboxylic acids is 1. The minimum atomic E-state index is -0.544. The number of nitro benzene ring substituents is 1. The van der Waals surface area contributed by atoms with Gasteiger partial charge in [0.05, 0.1) is 4.92 Å². The van der Waals surface area contributed by atoms with Crippen LogP contribution >= 0.6 is 0 Å². The normalized spacial score (nSPS) is 16.9. The van der Waals surface area contributed by atoms with Crippen LogP contribution in [-0.4, -0.2) is 57.2 Å². The Morgan fingerprint density at radius 2 is 2.07 bits per heavy atom. The fourth-order valence-corrected chi connectivity index (χ4v) is 3.30. The Bertz CT molecular complexity index is 915. The van der Waals surface area contributed by atoms with E-state index in [0.29, 0.717) is 31.1 Å². The van der Waals surface area contributed by atoms with Crippen LogP contribution in [0.2, 0.25) is 0 Å². The lowest BCUT2D eigenvalue weighted by atomic mass is 10.1. The SMILES string of the molecule is C[C@@H]1CN(C(=O)OC(C)(C)C)CCN1c1ccc([N+](=O)[O-])c(Nc2ccncn2)c1. The van der Waals surface area contributed by atoms with E-state index in [1.807, 2.05) is 27.7 Å². The maximum absolute atomic E-state index is 12.4. The zero-order valence-corrected chi connectivity index (χ0v) is 17.5. The van der Waals surface area contributed by atoms with Gasteiger partial charge in [-0.05, 0) is 45.9 Å². The predicted octanol–water partition coefficient (Wildman–Crippen LogP) is 3.57. The summed E-state index contributed by atoms with van der Waals surface area (Å²) in [5.41, 5.74) is 0.584. The molecule has 0 radical (unpaired) electrons. The van der Waals surface area contributed by atoms with Crippen molar-refractivity contribution in [3.05, 3.63) is 46.9 Å². The van der Waals surface area contributed by atoms with E-state index < -0.39 is 10.5 Å². The minimum absolute atomic E-state index is 0.0135. The number of nitro groups is 1. The highest BCUT2D eigenvalue weighted by atomic mass is 16.6. The zero-order chi connectivity index (χ0) is 21.9. The molecule has 3 rings (SSSR count). The number of ether oxygens (including phenoxy) is 1. The number of rotatable bonds is 4. The number of hydrogen-bond acceptors (Lipinski definition) is 8. The number of amides is 1. The van der Waals surface area contributed by atoms with Crippen molar-refractivity contribution in [1.82, 2.24) is 14.9 Å². The highest BCUT2D eigenvalue weighted by Crippen LogP contribution is 2.33. The van der Waals surface area contributed by atoms with E-state index in [2.05, 4.69) is 20.2 Å². The molecule has 2 heterocycles. The Morgan fingerprint density at radius 3 is 2.67 bits per heavy atom. The first kappa shape index (κ1) is 21.3.